The average molecular weight is 283 g/mol. The van der Waals surface area contributed by atoms with Gasteiger partial charge in [-0.3, -0.25) is 0 Å². The first kappa shape index (κ1) is 16.2. The van der Waals surface area contributed by atoms with Crippen molar-refractivity contribution in [1.29, 1.82) is 0 Å². The molecular formula is C13H21N3O4. The van der Waals surface area contributed by atoms with Crippen LogP contribution in [-0.2, 0) is 4.74 Å². The van der Waals surface area contributed by atoms with Crippen LogP contribution in [0.25, 0.3) is 0 Å². The van der Waals surface area contributed by atoms with E-state index in [1.165, 1.54) is 0 Å². The molecular weight excluding hydrogens is 262 g/mol. The van der Waals surface area contributed by atoms with Crippen molar-refractivity contribution in [3.8, 4) is 5.75 Å². The van der Waals surface area contributed by atoms with Crippen molar-refractivity contribution < 1.29 is 19.8 Å². The van der Waals surface area contributed by atoms with Gasteiger partial charge in [-0.05, 0) is 24.3 Å². The zero-order chi connectivity index (χ0) is 14.8. The van der Waals surface area contributed by atoms with E-state index in [2.05, 4.69) is 10.5 Å². The second-order valence-corrected chi connectivity index (χ2v) is 4.17. The van der Waals surface area contributed by atoms with Gasteiger partial charge in [0.2, 0.25) is 0 Å². The molecule has 7 nitrogen and oxygen atoms in total. The summed E-state index contributed by atoms with van der Waals surface area (Å²) in [5.74, 6) is 0.754. The van der Waals surface area contributed by atoms with E-state index in [1.807, 2.05) is 0 Å². The number of nitrogens with one attached hydrogen (secondary N) is 1. The molecule has 1 aromatic carbocycles. The van der Waals surface area contributed by atoms with Gasteiger partial charge in [-0.2, -0.15) is 0 Å². The molecule has 7 heteroatoms. The Morgan fingerprint density at radius 3 is 2.70 bits per heavy atom. The van der Waals surface area contributed by atoms with Crippen LogP contribution < -0.4 is 15.8 Å². The molecule has 0 aromatic heterocycles. The largest absolute Gasteiger partial charge is 0.492 e. The summed E-state index contributed by atoms with van der Waals surface area (Å²) < 4.78 is 10.3. The molecule has 0 radical (unpaired) electrons. The molecule has 0 spiro atoms. The smallest absolute Gasteiger partial charge is 0.170 e. The van der Waals surface area contributed by atoms with Crippen molar-refractivity contribution in [3.63, 3.8) is 0 Å². The highest BCUT2D eigenvalue weighted by Crippen LogP contribution is 2.11. The molecule has 1 aromatic rings. The minimum Gasteiger partial charge on any atom is -0.492 e. The fourth-order valence-corrected chi connectivity index (χ4v) is 1.54. The fraction of sp³-hybridized carbons (Fsp3) is 0.462. The Bertz CT molecular complexity index is 409. The molecule has 0 aliphatic carbocycles. The molecule has 20 heavy (non-hydrogen) atoms. The Hall–Kier alpha value is -1.83. The molecule has 0 aliphatic rings. The van der Waals surface area contributed by atoms with Crippen LogP contribution in [0.4, 0.5) is 0 Å². The molecule has 0 heterocycles. The van der Waals surface area contributed by atoms with Crippen LogP contribution in [0.3, 0.4) is 0 Å². The zero-order valence-corrected chi connectivity index (χ0v) is 11.5. The summed E-state index contributed by atoms with van der Waals surface area (Å²) >= 11 is 0. The summed E-state index contributed by atoms with van der Waals surface area (Å²) in [4.78, 5) is 0. The number of oxime groups is 1. The highest BCUT2D eigenvalue weighted by atomic mass is 16.5. The van der Waals surface area contributed by atoms with Gasteiger partial charge in [-0.15, -0.1) is 0 Å². The fourth-order valence-electron chi connectivity index (χ4n) is 1.54. The summed E-state index contributed by atoms with van der Waals surface area (Å²) in [5.41, 5.74) is 6.08. The van der Waals surface area contributed by atoms with Gasteiger partial charge in [0.25, 0.3) is 0 Å². The van der Waals surface area contributed by atoms with Gasteiger partial charge < -0.3 is 30.8 Å². The SMILES string of the molecule is COCC(O)CNCCOc1ccc(C(N)=NO)cc1. The molecule has 0 amide bonds. The summed E-state index contributed by atoms with van der Waals surface area (Å²) in [6, 6.07) is 6.90. The third-order valence-corrected chi connectivity index (χ3v) is 2.54. The second-order valence-electron chi connectivity index (χ2n) is 4.17. The quantitative estimate of drug-likeness (QED) is 0.164. The first-order chi connectivity index (χ1) is 9.67. The van der Waals surface area contributed by atoms with Gasteiger partial charge >= 0.3 is 0 Å². The van der Waals surface area contributed by atoms with E-state index in [1.54, 1.807) is 31.4 Å². The lowest BCUT2D eigenvalue weighted by atomic mass is 10.2. The first-order valence-corrected chi connectivity index (χ1v) is 6.26. The van der Waals surface area contributed by atoms with Crippen LogP contribution in [0, 0.1) is 0 Å². The molecule has 1 atom stereocenters. The van der Waals surface area contributed by atoms with E-state index in [4.69, 9.17) is 20.4 Å². The third kappa shape index (κ3) is 5.87. The number of ether oxygens (including phenoxy) is 2. The number of hydrogen-bond acceptors (Lipinski definition) is 6. The molecule has 112 valence electrons. The lowest BCUT2D eigenvalue weighted by Crippen LogP contribution is -2.32. The molecule has 0 bridgehead atoms. The third-order valence-electron chi connectivity index (χ3n) is 2.54. The molecule has 1 rings (SSSR count). The maximum absolute atomic E-state index is 9.40. The monoisotopic (exact) mass is 283 g/mol. The van der Waals surface area contributed by atoms with Crippen molar-refractivity contribution in [1.82, 2.24) is 5.32 Å². The van der Waals surface area contributed by atoms with Gasteiger partial charge in [-0.25, -0.2) is 0 Å². The average Bonchev–Trinajstić information content (AvgIpc) is 2.47. The summed E-state index contributed by atoms with van der Waals surface area (Å²) in [6.07, 6.45) is -0.514. The minimum absolute atomic E-state index is 0.0605. The highest BCUT2D eigenvalue weighted by Gasteiger charge is 2.02. The van der Waals surface area contributed by atoms with Gasteiger partial charge in [-0.1, -0.05) is 5.16 Å². The van der Waals surface area contributed by atoms with Crippen LogP contribution in [0.2, 0.25) is 0 Å². The maximum Gasteiger partial charge on any atom is 0.170 e. The topological polar surface area (TPSA) is 109 Å². The van der Waals surface area contributed by atoms with Crippen LogP contribution in [-0.4, -0.2) is 55.7 Å². The molecule has 0 fully saturated rings. The number of nitrogens with two attached hydrogens (primary N) is 1. The number of hydrogen-bond donors (Lipinski definition) is 4. The molecule has 5 N–H and O–H groups in total. The molecule has 0 saturated carbocycles. The Labute approximate surface area is 118 Å². The van der Waals surface area contributed by atoms with Gasteiger partial charge in [0.1, 0.15) is 12.4 Å². The number of amidine groups is 1. The van der Waals surface area contributed by atoms with Gasteiger partial charge in [0.05, 0.1) is 12.7 Å². The number of aliphatic hydroxyl groups excluding tert-OH is 1. The molecule has 0 aliphatic heterocycles. The minimum atomic E-state index is -0.514. The second kappa shape index (κ2) is 9.13. The zero-order valence-electron chi connectivity index (χ0n) is 11.5. The number of benzene rings is 1. The van der Waals surface area contributed by atoms with E-state index in [-0.39, 0.29) is 5.84 Å². The van der Waals surface area contributed by atoms with Gasteiger partial charge in [0, 0.05) is 25.8 Å². The van der Waals surface area contributed by atoms with E-state index in [0.717, 1.165) is 0 Å². The predicted molar refractivity (Wildman–Crippen MR) is 75.2 cm³/mol. The number of methoxy groups -OCH3 is 1. The number of rotatable bonds is 9. The first-order valence-electron chi connectivity index (χ1n) is 6.26. The number of nitrogens with zero attached hydrogens (tertiary/aromatic N) is 1. The normalized spacial score (nSPS) is 13.2. The van der Waals surface area contributed by atoms with Crippen molar-refractivity contribution in [3.05, 3.63) is 29.8 Å². The Kier molecular flexibility index (Phi) is 7.41. The summed E-state index contributed by atoms with van der Waals surface area (Å²) in [6.45, 7) is 1.86. The molecule has 1 unspecified atom stereocenters. The van der Waals surface area contributed by atoms with E-state index in [9.17, 15) is 5.11 Å². The predicted octanol–water partition coefficient (Wildman–Crippen LogP) is -0.243. The Morgan fingerprint density at radius 2 is 2.10 bits per heavy atom. The highest BCUT2D eigenvalue weighted by molar-refractivity contribution is 5.97. The Balaban J connectivity index is 2.22. The van der Waals surface area contributed by atoms with E-state index < -0.39 is 6.10 Å². The summed E-state index contributed by atoms with van der Waals surface area (Å²) in [7, 11) is 1.55. The van der Waals surface area contributed by atoms with Crippen LogP contribution in [0.1, 0.15) is 5.56 Å². The van der Waals surface area contributed by atoms with Crippen LogP contribution >= 0.6 is 0 Å². The van der Waals surface area contributed by atoms with Crippen molar-refractivity contribution in [2.45, 2.75) is 6.10 Å². The van der Waals surface area contributed by atoms with E-state index >= 15 is 0 Å². The van der Waals surface area contributed by atoms with Crippen LogP contribution in [0.5, 0.6) is 5.75 Å². The van der Waals surface area contributed by atoms with Crippen molar-refractivity contribution in [2.24, 2.45) is 10.9 Å². The summed E-state index contributed by atoms with van der Waals surface area (Å²) in [5, 5.41) is 23.9. The van der Waals surface area contributed by atoms with Crippen molar-refractivity contribution in [2.75, 3.05) is 33.4 Å². The standard InChI is InChI=1S/C13H21N3O4/c1-19-9-11(17)8-15-6-7-20-12-4-2-10(3-5-12)13(14)16-18/h2-5,11,15,17-18H,6-9H2,1H3,(H2,14,16). The number of aliphatic hydroxyl groups is 1. The lowest BCUT2D eigenvalue weighted by molar-refractivity contribution is 0.0641. The molecule has 0 saturated heterocycles. The van der Waals surface area contributed by atoms with Gasteiger partial charge in [0.15, 0.2) is 5.84 Å². The van der Waals surface area contributed by atoms with E-state index in [0.29, 0.717) is 37.6 Å². The Morgan fingerprint density at radius 1 is 1.40 bits per heavy atom. The van der Waals surface area contributed by atoms with Crippen molar-refractivity contribution >= 4 is 5.84 Å². The van der Waals surface area contributed by atoms with Crippen LogP contribution in [0.15, 0.2) is 29.4 Å². The lowest BCUT2D eigenvalue weighted by Gasteiger charge is -2.11. The maximum atomic E-state index is 9.40.